The van der Waals surface area contributed by atoms with E-state index in [1.807, 2.05) is 6.92 Å². The van der Waals surface area contributed by atoms with Crippen molar-refractivity contribution in [2.24, 2.45) is 0 Å². The minimum atomic E-state index is -4.50. The number of rotatable bonds is 7. The van der Waals surface area contributed by atoms with E-state index in [1.165, 1.54) is 0 Å². The van der Waals surface area contributed by atoms with Crippen molar-refractivity contribution in [3.63, 3.8) is 0 Å². The van der Waals surface area contributed by atoms with E-state index in [2.05, 4.69) is 0 Å². The topological polar surface area (TPSA) is 57.6 Å². The highest BCUT2D eigenvalue weighted by Gasteiger charge is 2.31. The van der Waals surface area contributed by atoms with Gasteiger partial charge < -0.3 is 5.11 Å². The Morgan fingerprint density at radius 3 is 2.14 bits per heavy atom. The standard InChI is InChI=1S/C13H18F3NO3S/c1-2-3-8-17(9-10-18)21(19,20)12-6-4-11(5-7-12)13(14,15)16/h4-7,18H,2-3,8-10H2,1H3. The van der Waals surface area contributed by atoms with Gasteiger partial charge in [0, 0.05) is 13.1 Å². The summed E-state index contributed by atoms with van der Waals surface area (Å²) in [5.74, 6) is 0. The van der Waals surface area contributed by atoms with Crippen LogP contribution in [0.3, 0.4) is 0 Å². The largest absolute Gasteiger partial charge is 0.416 e. The van der Waals surface area contributed by atoms with Crippen LogP contribution in [0, 0.1) is 0 Å². The molecule has 0 radical (unpaired) electrons. The highest BCUT2D eigenvalue weighted by Crippen LogP contribution is 2.30. The molecule has 4 nitrogen and oxygen atoms in total. The van der Waals surface area contributed by atoms with Crippen LogP contribution >= 0.6 is 0 Å². The number of benzene rings is 1. The Kier molecular flexibility index (Phi) is 6.18. The van der Waals surface area contributed by atoms with Crippen LogP contribution in [0.2, 0.25) is 0 Å². The molecule has 1 aromatic carbocycles. The van der Waals surface area contributed by atoms with E-state index in [9.17, 15) is 21.6 Å². The van der Waals surface area contributed by atoms with Crippen LogP contribution in [-0.4, -0.2) is 37.5 Å². The summed E-state index contributed by atoms with van der Waals surface area (Å²) >= 11 is 0. The Hall–Kier alpha value is -1.12. The molecule has 1 rings (SSSR count). The first-order chi connectivity index (χ1) is 9.73. The molecule has 0 bridgehead atoms. The van der Waals surface area contributed by atoms with Gasteiger partial charge in [-0.3, -0.25) is 0 Å². The molecule has 1 N–H and O–H groups in total. The van der Waals surface area contributed by atoms with Gasteiger partial charge in [0.1, 0.15) is 0 Å². The molecule has 0 aliphatic heterocycles. The third-order valence-electron chi connectivity index (χ3n) is 2.93. The van der Waals surface area contributed by atoms with Gasteiger partial charge in [0.05, 0.1) is 17.1 Å². The van der Waals surface area contributed by atoms with Crippen LogP contribution in [-0.2, 0) is 16.2 Å². The summed E-state index contributed by atoms with van der Waals surface area (Å²) in [7, 11) is -3.89. The maximum Gasteiger partial charge on any atom is 0.416 e. The zero-order valence-corrected chi connectivity index (χ0v) is 12.4. The zero-order chi connectivity index (χ0) is 16.1. The number of halogens is 3. The molecule has 0 aliphatic carbocycles. The molecule has 0 amide bonds. The quantitative estimate of drug-likeness (QED) is 0.838. The molecule has 0 saturated heterocycles. The predicted octanol–water partition coefficient (Wildman–Crippen LogP) is 2.49. The number of hydrogen-bond acceptors (Lipinski definition) is 3. The van der Waals surface area contributed by atoms with E-state index >= 15 is 0 Å². The Morgan fingerprint density at radius 2 is 1.71 bits per heavy atom. The molecule has 0 saturated carbocycles. The molecule has 1 aromatic rings. The van der Waals surface area contributed by atoms with Crippen molar-refractivity contribution in [3.05, 3.63) is 29.8 Å². The van der Waals surface area contributed by atoms with Crippen molar-refractivity contribution in [2.45, 2.75) is 30.8 Å². The number of sulfonamides is 1. The molecule has 0 heterocycles. The third-order valence-corrected chi connectivity index (χ3v) is 4.84. The van der Waals surface area contributed by atoms with E-state index < -0.39 is 21.8 Å². The van der Waals surface area contributed by atoms with Gasteiger partial charge in [0.15, 0.2) is 0 Å². The van der Waals surface area contributed by atoms with Crippen LogP contribution in [0.1, 0.15) is 25.3 Å². The van der Waals surface area contributed by atoms with Crippen LogP contribution < -0.4 is 0 Å². The summed E-state index contributed by atoms with van der Waals surface area (Å²) in [5, 5.41) is 8.94. The lowest BCUT2D eigenvalue weighted by Crippen LogP contribution is -2.34. The fourth-order valence-corrected chi connectivity index (χ4v) is 3.23. The van der Waals surface area contributed by atoms with Crippen molar-refractivity contribution in [1.82, 2.24) is 4.31 Å². The minimum absolute atomic E-state index is 0.0800. The Morgan fingerprint density at radius 1 is 1.14 bits per heavy atom. The number of aliphatic hydroxyl groups is 1. The summed E-state index contributed by atoms with van der Waals surface area (Å²) in [5.41, 5.74) is -0.899. The molecule has 0 aromatic heterocycles. The number of alkyl halides is 3. The second kappa shape index (κ2) is 7.24. The molecule has 120 valence electrons. The SMILES string of the molecule is CCCCN(CCO)S(=O)(=O)c1ccc(C(F)(F)F)cc1. The van der Waals surface area contributed by atoms with Gasteiger partial charge in [0.2, 0.25) is 10.0 Å². The second-order valence-electron chi connectivity index (χ2n) is 4.50. The van der Waals surface area contributed by atoms with E-state index in [1.54, 1.807) is 0 Å². The van der Waals surface area contributed by atoms with Crippen LogP contribution in [0.5, 0.6) is 0 Å². The van der Waals surface area contributed by atoms with E-state index in [-0.39, 0.29) is 24.6 Å². The lowest BCUT2D eigenvalue weighted by Gasteiger charge is -2.21. The normalized spacial score (nSPS) is 12.9. The van der Waals surface area contributed by atoms with Gasteiger partial charge in [-0.15, -0.1) is 0 Å². The third kappa shape index (κ3) is 4.69. The Labute approximate surface area is 122 Å². The average molecular weight is 325 g/mol. The highest BCUT2D eigenvalue weighted by molar-refractivity contribution is 7.89. The van der Waals surface area contributed by atoms with E-state index in [4.69, 9.17) is 5.11 Å². The van der Waals surface area contributed by atoms with Crippen molar-refractivity contribution in [1.29, 1.82) is 0 Å². The monoisotopic (exact) mass is 325 g/mol. The number of hydrogen-bond donors (Lipinski definition) is 1. The Balaban J connectivity index is 3.04. The fraction of sp³-hybridized carbons (Fsp3) is 0.538. The maximum atomic E-state index is 12.5. The van der Waals surface area contributed by atoms with Crippen molar-refractivity contribution in [2.75, 3.05) is 19.7 Å². The molecule has 0 fully saturated rings. The van der Waals surface area contributed by atoms with E-state index in [0.717, 1.165) is 35.0 Å². The van der Waals surface area contributed by atoms with Crippen LogP contribution in [0.15, 0.2) is 29.2 Å². The second-order valence-corrected chi connectivity index (χ2v) is 6.44. The lowest BCUT2D eigenvalue weighted by atomic mass is 10.2. The molecule has 0 spiro atoms. The van der Waals surface area contributed by atoms with Gasteiger partial charge in [-0.1, -0.05) is 13.3 Å². The summed E-state index contributed by atoms with van der Waals surface area (Å²) < 4.78 is 63.1. The number of nitrogens with zero attached hydrogens (tertiary/aromatic N) is 1. The molecule has 21 heavy (non-hydrogen) atoms. The lowest BCUT2D eigenvalue weighted by molar-refractivity contribution is -0.137. The first-order valence-corrected chi connectivity index (χ1v) is 7.95. The molecular weight excluding hydrogens is 307 g/mol. The van der Waals surface area contributed by atoms with Gasteiger partial charge in [-0.05, 0) is 30.7 Å². The van der Waals surface area contributed by atoms with Gasteiger partial charge >= 0.3 is 6.18 Å². The highest BCUT2D eigenvalue weighted by atomic mass is 32.2. The number of unbranched alkanes of at least 4 members (excludes halogenated alkanes) is 1. The zero-order valence-electron chi connectivity index (χ0n) is 11.6. The van der Waals surface area contributed by atoms with Gasteiger partial charge in [-0.25, -0.2) is 8.42 Å². The van der Waals surface area contributed by atoms with Crippen molar-refractivity contribution >= 4 is 10.0 Å². The van der Waals surface area contributed by atoms with Gasteiger partial charge in [-0.2, -0.15) is 17.5 Å². The summed E-state index contributed by atoms with van der Waals surface area (Å²) in [4.78, 5) is -0.208. The summed E-state index contributed by atoms with van der Waals surface area (Å²) in [6, 6.07) is 3.36. The Bertz CT molecular complexity index is 541. The fourth-order valence-electron chi connectivity index (χ4n) is 1.76. The summed E-state index contributed by atoms with van der Waals surface area (Å²) in [6.07, 6.45) is -3.13. The number of aliphatic hydroxyl groups excluding tert-OH is 1. The summed E-state index contributed by atoms with van der Waals surface area (Å²) in [6.45, 7) is 1.69. The molecule has 0 aliphatic rings. The van der Waals surface area contributed by atoms with Crippen LogP contribution in [0.25, 0.3) is 0 Å². The molecule has 8 heteroatoms. The predicted molar refractivity (Wildman–Crippen MR) is 72.2 cm³/mol. The molecular formula is C13H18F3NO3S. The smallest absolute Gasteiger partial charge is 0.395 e. The molecule has 0 atom stereocenters. The minimum Gasteiger partial charge on any atom is -0.395 e. The molecule has 0 unspecified atom stereocenters. The van der Waals surface area contributed by atoms with E-state index in [0.29, 0.717) is 6.42 Å². The maximum absolute atomic E-state index is 12.5. The van der Waals surface area contributed by atoms with Crippen molar-refractivity contribution in [3.8, 4) is 0 Å². The van der Waals surface area contributed by atoms with Gasteiger partial charge in [0.25, 0.3) is 0 Å². The van der Waals surface area contributed by atoms with Crippen molar-refractivity contribution < 1.29 is 26.7 Å². The first-order valence-electron chi connectivity index (χ1n) is 6.51. The first kappa shape index (κ1) is 17.9. The average Bonchev–Trinajstić information content (AvgIpc) is 2.42. The van der Waals surface area contributed by atoms with Crippen LogP contribution in [0.4, 0.5) is 13.2 Å².